The van der Waals surface area contributed by atoms with E-state index >= 15 is 0 Å². The average Bonchev–Trinajstić information content (AvgIpc) is 2.68. The first-order chi connectivity index (χ1) is 8.22. The van der Waals surface area contributed by atoms with Gasteiger partial charge in [-0.3, -0.25) is 0 Å². The molecule has 0 radical (unpaired) electrons. The number of aryl methyl sites for hydroxylation is 1. The highest BCUT2D eigenvalue weighted by Crippen LogP contribution is 2.22. The van der Waals surface area contributed by atoms with Gasteiger partial charge in [0.1, 0.15) is 5.15 Å². The highest BCUT2D eigenvalue weighted by Gasteiger charge is 2.09. The molecule has 2 N–H and O–H groups in total. The molecule has 0 saturated carbocycles. The molecule has 17 heavy (non-hydrogen) atoms. The van der Waals surface area contributed by atoms with E-state index in [0.717, 1.165) is 24.1 Å². The lowest BCUT2D eigenvalue weighted by atomic mass is 10.2. The van der Waals surface area contributed by atoms with Crippen molar-refractivity contribution in [2.45, 2.75) is 12.8 Å². The van der Waals surface area contributed by atoms with E-state index in [1.54, 1.807) is 10.9 Å². The number of hydrogen-bond acceptors (Lipinski definition) is 2. The first-order valence-corrected chi connectivity index (χ1v) is 6.16. The van der Waals surface area contributed by atoms with Gasteiger partial charge in [0.25, 0.3) is 0 Å². The summed E-state index contributed by atoms with van der Waals surface area (Å²) in [6, 6.07) is 7.43. The second-order valence-corrected chi connectivity index (χ2v) is 4.54. The molecule has 1 heterocycles. The summed E-state index contributed by atoms with van der Waals surface area (Å²) in [4.78, 5) is 0. The molecule has 0 saturated heterocycles. The van der Waals surface area contributed by atoms with E-state index in [-0.39, 0.29) is 0 Å². The molecule has 2 aromatic rings. The molecule has 0 bridgehead atoms. The first kappa shape index (κ1) is 12.4. The van der Waals surface area contributed by atoms with Gasteiger partial charge in [-0.15, -0.1) is 0 Å². The Morgan fingerprint density at radius 3 is 2.82 bits per heavy atom. The van der Waals surface area contributed by atoms with Crippen molar-refractivity contribution in [3.8, 4) is 5.69 Å². The third-order valence-electron chi connectivity index (χ3n) is 2.48. The maximum atomic E-state index is 6.26. The number of hydrogen-bond donors (Lipinski definition) is 1. The summed E-state index contributed by atoms with van der Waals surface area (Å²) in [5, 5.41) is 5.56. The number of benzene rings is 1. The van der Waals surface area contributed by atoms with Gasteiger partial charge in [0.15, 0.2) is 0 Å². The summed E-state index contributed by atoms with van der Waals surface area (Å²) >= 11 is 12.2. The molecular weight excluding hydrogens is 257 g/mol. The maximum Gasteiger partial charge on any atom is 0.136 e. The summed E-state index contributed by atoms with van der Waals surface area (Å²) in [5.41, 5.74) is 7.35. The quantitative estimate of drug-likeness (QED) is 0.927. The highest BCUT2D eigenvalue weighted by atomic mass is 35.5. The highest BCUT2D eigenvalue weighted by molar-refractivity contribution is 6.31. The summed E-state index contributed by atoms with van der Waals surface area (Å²) in [6.07, 6.45) is 3.52. The minimum Gasteiger partial charge on any atom is -0.330 e. The Bertz CT molecular complexity index is 508. The Morgan fingerprint density at radius 1 is 1.29 bits per heavy atom. The van der Waals surface area contributed by atoms with Crippen molar-refractivity contribution >= 4 is 23.2 Å². The molecule has 0 fully saturated rings. The van der Waals surface area contributed by atoms with Gasteiger partial charge >= 0.3 is 0 Å². The lowest BCUT2D eigenvalue weighted by molar-refractivity contribution is 0.831. The van der Waals surface area contributed by atoms with Crippen LogP contribution in [0.15, 0.2) is 30.5 Å². The molecule has 90 valence electrons. The standard InChI is InChI=1S/C12H13Cl2N3/c13-10-4-1-5-11(7-10)17-12(14)9(8-16-17)3-2-6-15/h1,4-5,7-8H,2-3,6,15H2. The van der Waals surface area contributed by atoms with Crippen molar-refractivity contribution in [2.75, 3.05) is 6.54 Å². The summed E-state index contributed by atoms with van der Waals surface area (Å²) in [6.45, 7) is 0.651. The van der Waals surface area contributed by atoms with Crippen LogP contribution in [0.4, 0.5) is 0 Å². The van der Waals surface area contributed by atoms with Gasteiger partial charge in [0, 0.05) is 10.6 Å². The monoisotopic (exact) mass is 269 g/mol. The van der Waals surface area contributed by atoms with Gasteiger partial charge in [-0.25, -0.2) is 4.68 Å². The van der Waals surface area contributed by atoms with Crippen molar-refractivity contribution in [3.63, 3.8) is 0 Å². The van der Waals surface area contributed by atoms with Crippen LogP contribution in [0.2, 0.25) is 10.2 Å². The minimum atomic E-state index is 0.626. The molecule has 2 rings (SSSR count). The van der Waals surface area contributed by atoms with Crippen LogP contribution in [0.1, 0.15) is 12.0 Å². The van der Waals surface area contributed by atoms with E-state index in [9.17, 15) is 0 Å². The van der Waals surface area contributed by atoms with Crippen molar-refractivity contribution in [1.82, 2.24) is 9.78 Å². The average molecular weight is 270 g/mol. The fourth-order valence-electron chi connectivity index (χ4n) is 1.62. The van der Waals surface area contributed by atoms with Gasteiger partial charge in [0.2, 0.25) is 0 Å². The van der Waals surface area contributed by atoms with Crippen molar-refractivity contribution in [2.24, 2.45) is 5.73 Å². The van der Waals surface area contributed by atoms with Gasteiger partial charge in [-0.05, 0) is 37.6 Å². The molecule has 0 aliphatic rings. The van der Waals surface area contributed by atoms with Crippen LogP contribution in [-0.4, -0.2) is 16.3 Å². The Kier molecular flexibility index (Phi) is 4.05. The van der Waals surface area contributed by atoms with Crippen molar-refractivity contribution in [3.05, 3.63) is 46.2 Å². The number of aromatic nitrogens is 2. The number of nitrogens with two attached hydrogens (primary N) is 1. The number of halogens is 2. The molecule has 3 nitrogen and oxygen atoms in total. The smallest absolute Gasteiger partial charge is 0.136 e. The fourth-order valence-corrected chi connectivity index (χ4v) is 2.08. The molecule has 5 heteroatoms. The van der Waals surface area contributed by atoms with Crippen LogP contribution in [0.3, 0.4) is 0 Å². The third-order valence-corrected chi connectivity index (χ3v) is 3.12. The number of nitrogens with zero attached hydrogens (tertiary/aromatic N) is 2. The normalized spacial score (nSPS) is 10.8. The van der Waals surface area contributed by atoms with Crippen LogP contribution >= 0.6 is 23.2 Å². The number of rotatable bonds is 4. The molecular formula is C12H13Cl2N3. The minimum absolute atomic E-state index is 0.626. The molecule has 0 aliphatic heterocycles. The Balaban J connectivity index is 2.30. The second-order valence-electron chi connectivity index (χ2n) is 3.74. The van der Waals surface area contributed by atoms with E-state index in [0.29, 0.717) is 16.7 Å². The lowest BCUT2D eigenvalue weighted by Gasteiger charge is -2.04. The van der Waals surface area contributed by atoms with Crippen LogP contribution < -0.4 is 5.73 Å². The van der Waals surface area contributed by atoms with Gasteiger partial charge in [-0.1, -0.05) is 29.3 Å². The van der Waals surface area contributed by atoms with Crippen LogP contribution in [0, 0.1) is 0 Å². The summed E-state index contributed by atoms with van der Waals surface area (Å²) in [5.74, 6) is 0. The summed E-state index contributed by atoms with van der Waals surface area (Å²) < 4.78 is 1.68. The first-order valence-electron chi connectivity index (χ1n) is 5.41. The predicted octanol–water partition coefficient (Wildman–Crippen LogP) is 3.07. The van der Waals surface area contributed by atoms with Gasteiger partial charge in [0.05, 0.1) is 11.9 Å². The van der Waals surface area contributed by atoms with Gasteiger partial charge in [-0.2, -0.15) is 5.10 Å². The second kappa shape index (κ2) is 5.54. The molecule has 1 aromatic heterocycles. The topological polar surface area (TPSA) is 43.8 Å². The maximum absolute atomic E-state index is 6.26. The van der Waals surface area contributed by atoms with Gasteiger partial charge < -0.3 is 5.73 Å². The zero-order valence-corrected chi connectivity index (χ0v) is 10.7. The van der Waals surface area contributed by atoms with Crippen molar-refractivity contribution < 1.29 is 0 Å². The van der Waals surface area contributed by atoms with E-state index in [4.69, 9.17) is 28.9 Å². The Labute approximate surface area is 110 Å². The molecule has 0 aliphatic carbocycles. The van der Waals surface area contributed by atoms with E-state index in [2.05, 4.69) is 5.10 Å². The Morgan fingerprint density at radius 2 is 2.12 bits per heavy atom. The SMILES string of the molecule is NCCCc1cnn(-c2cccc(Cl)c2)c1Cl. The van der Waals surface area contributed by atoms with E-state index in [1.165, 1.54) is 0 Å². The molecule has 0 unspecified atom stereocenters. The predicted molar refractivity (Wildman–Crippen MR) is 71.0 cm³/mol. The molecule has 0 atom stereocenters. The molecule has 0 spiro atoms. The summed E-state index contributed by atoms with van der Waals surface area (Å²) in [7, 11) is 0. The van der Waals surface area contributed by atoms with E-state index < -0.39 is 0 Å². The molecule has 1 aromatic carbocycles. The zero-order valence-electron chi connectivity index (χ0n) is 9.24. The third kappa shape index (κ3) is 2.80. The van der Waals surface area contributed by atoms with Crippen molar-refractivity contribution in [1.29, 1.82) is 0 Å². The van der Waals surface area contributed by atoms with E-state index in [1.807, 2.05) is 24.3 Å². The molecule has 0 amide bonds. The van der Waals surface area contributed by atoms with Crippen LogP contribution in [0.5, 0.6) is 0 Å². The lowest BCUT2D eigenvalue weighted by Crippen LogP contribution is -2.00. The zero-order chi connectivity index (χ0) is 12.3. The fraction of sp³-hybridized carbons (Fsp3) is 0.250. The largest absolute Gasteiger partial charge is 0.330 e. The van der Waals surface area contributed by atoms with Crippen LogP contribution in [-0.2, 0) is 6.42 Å². The van der Waals surface area contributed by atoms with Crippen LogP contribution in [0.25, 0.3) is 5.69 Å². The Hall–Kier alpha value is -1.03.